The molecule has 31 heavy (non-hydrogen) atoms. The lowest BCUT2D eigenvalue weighted by Gasteiger charge is -2.19. The normalized spacial score (nSPS) is 10.6. The van der Waals surface area contributed by atoms with E-state index in [2.05, 4.69) is 0 Å². The molecule has 3 aromatic rings. The van der Waals surface area contributed by atoms with Crippen LogP contribution in [0.15, 0.2) is 33.5 Å². The fourth-order valence-corrected chi connectivity index (χ4v) is 3.39. The van der Waals surface area contributed by atoms with Gasteiger partial charge in [0.05, 0.1) is 41.7 Å². The van der Waals surface area contributed by atoms with Gasteiger partial charge in [-0.1, -0.05) is 0 Å². The number of fused-ring (bicyclic) bond motifs is 1. The Morgan fingerprint density at radius 2 is 1.26 bits per heavy atom. The summed E-state index contributed by atoms with van der Waals surface area (Å²) in [5.74, 6) is 1.88. The zero-order valence-electron chi connectivity index (χ0n) is 18.5. The molecule has 0 unspecified atom stereocenters. The van der Waals surface area contributed by atoms with Gasteiger partial charge >= 0.3 is 0 Å². The lowest BCUT2D eigenvalue weighted by Crippen LogP contribution is -2.11. The van der Waals surface area contributed by atoms with Crippen LogP contribution < -0.4 is 33.8 Å². The molecule has 0 spiro atoms. The van der Waals surface area contributed by atoms with Crippen molar-refractivity contribution >= 4 is 11.0 Å². The van der Waals surface area contributed by atoms with Crippen LogP contribution in [-0.2, 0) is 0 Å². The SMILES string of the molecule is CCOc1ccc(-c2oc3c(OC)c(OC)c(OC)c(OCC)c3c(=O)c2OC)cc1. The van der Waals surface area contributed by atoms with E-state index in [0.29, 0.717) is 24.5 Å². The van der Waals surface area contributed by atoms with Crippen LogP contribution in [0.3, 0.4) is 0 Å². The predicted molar refractivity (Wildman–Crippen MR) is 116 cm³/mol. The molecule has 166 valence electrons. The van der Waals surface area contributed by atoms with Crippen molar-refractivity contribution in [2.45, 2.75) is 13.8 Å². The second-order valence-corrected chi connectivity index (χ2v) is 6.32. The zero-order chi connectivity index (χ0) is 22.5. The molecule has 0 fully saturated rings. The van der Waals surface area contributed by atoms with E-state index in [0.717, 1.165) is 0 Å². The average Bonchev–Trinajstić information content (AvgIpc) is 2.79. The molecular formula is C23H26O8. The van der Waals surface area contributed by atoms with Crippen LogP contribution in [0.5, 0.6) is 34.5 Å². The van der Waals surface area contributed by atoms with Crippen LogP contribution >= 0.6 is 0 Å². The topological polar surface area (TPSA) is 85.6 Å². The number of ether oxygens (including phenoxy) is 6. The van der Waals surface area contributed by atoms with E-state index >= 15 is 0 Å². The van der Waals surface area contributed by atoms with Gasteiger partial charge in [0.1, 0.15) is 11.1 Å². The van der Waals surface area contributed by atoms with Gasteiger partial charge in [0.25, 0.3) is 0 Å². The van der Waals surface area contributed by atoms with Gasteiger partial charge in [0, 0.05) is 5.56 Å². The number of hydrogen-bond donors (Lipinski definition) is 0. The second kappa shape index (κ2) is 9.51. The summed E-state index contributed by atoms with van der Waals surface area (Å²) in [6, 6.07) is 7.16. The van der Waals surface area contributed by atoms with Gasteiger partial charge in [-0.25, -0.2) is 0 Å². The quantitative estimate of drug-likeness (QED) is 0.497. The van der Waals surface area contributed by atoms with Gasteiger partial charge in [0.2, 0.25) is 28.4 Å². The summed E-state index contributed by atoms with van der Waals surface area (Å²) >= 11 is 0. The van der Waals surface area contributed by atoms with Crippen molar-refractivity contribution in [1.29, 1.82) is 0 Å². The lowest BCUT2D eigenvalue weighted by atomic mass is 10.1. The van der Waals surface area contributed by atoms with E-state index in [4.69, 9.17) is 32.8 Å². The van der Waals surface area contributed by atoms with Crippen LogP contribution in [0.25, 0.3) is 22.3 Å². The minimum atomic E-state index is -0.421. The van der Waals surface area contributed by atoms with Crippen molar-refractivity contribution in [3.63, 3.8) is 0 Å². The first-order chi connectivity index (χ1) is 15.1. The Morgan fingerprint density at radius 1 is 0.710 bits per heavy atom. The maximum absolute atomic E-state index is 13.5. The third-order valence-electron chi connectivity index (χ3n) is 4.66. The van der Waals surface area contributed by atoms with E-state index in [1.54, 1.807) is 31.2 Å². The first kappa shape index (κ1) is 22.1. The Balaban J connectivity index is 2.43. The second-order valence-electron chi connectivity index (χ2n) is 6.32. The molecule has 8 nitrogen and oxygen atoms in total. The summed E-state index contributed by atoms with van der Waals surface area (Å²) < 4.78 is 39.4. The van der Waals surface area contributed by atoms with Crippen molar-refractivity contribution in [2.24, 2.45) is 0 Å². The van der Waals surface area contributed by atoms with Crippen LogP contribution in [-0.4, -0.2) is 41.7 Å². The molecule has 3 rings (SSSR count). The highest BCUT2D eigenvalue weighted by molar-refractivity contribution is 5.96. The highest BCUT2D eigenvalue weighted by atomic mass is 16.6. The van der Waals surface area contributed by atoms with E-state index in [1.165, 1.54) is 28.4 Å². The highest BCUT2D eigenvalue weighted by Crippen LogP contribution is 2.51. The molecule has 0 bridgehead atoms. The van der Waals surface area contributed by atoms with Crippen molar-refractivity contribution < 1.29 is 32.8 Å². The molecule has 0 N–H and O–H groups in total. The third-order valence-corrected chi connectivity index (χ3v) is 4.66. The van der Waals surface area contributed by atoms with Crippen molar-refractivity contribution in [2.75, 3.05) is 41.7 Å². The maximum Gasteiger partial charge on any atom is 0.239 e. The molecule has 8 heteroatoms. The summed E-state index contributed by atoms with van der Waals surface area (Å²) in [7, 11) is 5.79. The minimum Gasteiger partial charge on any atom is -0.494 e. The largest absolute Gasteiger partial charge is 0.494 e. The number of benzene rings is 2. The standard InChI is InChI=1S/C23H26O8/c1-7-29-14-11-9-13(10-12-14)17-20(25-3)16(24)15-18(30-8-2)21(26-4)23(28-6)22(27-5)19(15)31-17/h9-12H,7-8H2,1-6H3. The van der Waals surface area contributed by atoms with Gasteiger partial charge in [-0.15, -0.1) is 0 Å². The molecule has 0 radical (unpaired) electrons. The molecule has 2 aromatic carbocycles. The Kier molecular flexibility index (Phi) is 6.79. The molecule has 0 atom stereocenters. The summed E-state index contributed by atoms with van der Waals surface area (Å²) in [5, 5.41) is 0.142. The van der Waals surface area contributed by atoms with E-state index < -0.39 is 5.43 Å². The smallest absolute Gasteiger partial charge is 0.239 e. The van der Waals surface area contributed by atoms with E-state index in [-0.39, 0.29) is 45.5 Å². The molecule has 0 saturated heterocycles. The van der Waals surface area contributed by atoms with E-state index in [9.17, 15) is 4.79 Å². The predicted octanol–water partition coefficient (Wildman–Crippen LogP) is 4.29. The van der Waals surface area contributed by atoms with Crippen LogP contribution in [0.1, 0.15) is 13.8 Å². The summed E-state index contributed by atoms with van der Waals surface area (Å²) in [4.78, 5) is 13.5. The van der Waals surface area contributed by atoms with Gasteiger partial charge in [-0.3, -0.25) is 4.79 Å². The maximum atomic E-state index is 13.5. The monoisotopic (exact) mass is 430 g/mol. The summed E-state index contributed by atoms with van der Waals surface area (Å²) in [6.45, 7) is 4.55. The van der Waals surface area contributed by atoms with Gasteiger partial charge < -0.3 is 32.8 Å². The molecule has 0 aliphatic carbocycles. The van der Waals surface area contributed by atoms with E-state index in [1.807, 2.05) is 6.92 Å². The van der Waals surface area contributed by atoms with Gasteiger partial charge in [0.15, 0.2) is 17.1 Å². The molecular weight excluding hydrogens is 404 g/mol. The molecule has 0 aliphatic rings. The van der Waals surface area contributed by atoms with Crippen molar-refractivity contribution in [1.82, 2.24) is 0 Å². The zero-order valence-corrected chi connectivity index (χ0v) is 18.5. The highest BCUT2D eigenvalue weighted by Gasteiger charge is 2.30. The number of methoxy groups -OCH3 is 4. The summed E-state index contributed by atoms with van der Waals surface area (Å²) in [6.07, 6.45) is 0. The van der Waals surface area contributed by atoms with Crippen molar-refractivity contribution in [3.05, 3.63) is 34.5 Å². The first-order valence-corrected chi connectivity index (χ1v) is 9.78. The van der Waals surface area contributed by atoms with Crippen LogP contribution in [0, 0.1) is 0 Å². The average molecular weight is 430 g/mol. The Labute approximate surface area is 180 Å². The molecule has 0 amide bonds. The van der Waals surface area contributed by atoms with Gasteiger partial charge in [-0.05, 0) is 38.1 Å². The fraction of sp³-hybridized carbons (Fsp3) is 0.348. The Bertz CT molecular complexity index is 1120. The Morgan fingerprint density at radius 3 is 1.77 bits per heavy atom. The molecule has 1 aromatic heterocycles. The molecule has 0 saturated carbocycles. The summed E-state index contributed by atoms with van der Waals surface area (Å²) in [5.41, 5.74) is 0.378. The number of hydrogen-bond acceptors (Lipinski definition) is 8. The third kappa shape index (κ3) is 3.81. The van der Waals surface area contributed by atoms with Crippen LogP contribution in [0.4, 0.5) is 0 Å². The minimum absolute atomic E-state index is 0.0342. The first-order valence-electron chi connectivity index (χ1n) is 9.78. The van der Waals surface area contributed by atoms with Crippen LogP contribution in [0.2, 0.25) is 0 Å². The van der Waals surface area contributed by atoms with Crippen molar-refractivity contribution in [3.8, 4) is 45.8 Å². The van der Waals surface area contributed by atoms with Gasteiger partial charge in [-0.2, -0.15) is 0 Å². The molecule has 0 aliphatic heterocycles. The lowest BCUT2D eigenvalue weighted by molar-refractivity contribution is 0.289. The Hall–Kier alpha value is -3.55. The number of rotatable bonds is 9. The molecule has 1 heterocycles. The fourth-order valence-electron chi connectivity index (χ4n) is 3.39.